The van der Waals surface area contributed by atoms with Crippen molar-refractivity contribution >= 4 is 7.82 Å². The summed E-state index contributed by atoms with van der Waals surface area (Å²) in [6.07, 6.45) is 0. The maximum atomic E-state index is 8.55. The van der Waals surface area contributed by atoms with Crippen LogP contribution in [-0.4, -0.2) is 65.7 Å². The third-order valence-electron chi connectivity index (χ3n) is 0. The Morgan fingerprint density at radius 1 is 0.381 bits per heavy atom. The molecule has 0 aromatic heterocycles. The van der Waals surface area contributed by atoms with Crippen molar-refractivity contribution < 1.29 is 203 Å². The molecule has 0 saturated heterocycles. The van der Waals surface area contributed by atoms with Crippen LogP contribution in [-0.2, 0) is 4.57 Å². The summed E-state index contributed by atoms with van der Waals surface area (Å²) in [5.41, 5.74) is 0. The molecule has 0 radical (unpaired) electrons. The molecule has 0 aliphatic heterocycles. The molecule has 21 heavy (non-hydrogen) atoms. The number of rotatable bonds is 0. The topological polar surface area (TPSA) is 464 Å². The van der Waals surface area contributed by atoms with E-state index in [1.807, 2.05) is 0 Å². The van der Waals surface area contributed by atoms with E-state index < -0.39 is 7.82 Å². The van der Waals surface area contributed by atoms with E-state index in [9.17, 15) is 0 Å². The summed E-state index contributed by atoms with van der Waals surface area (Å²) in [5.74, 6) is 0. The summed E-state index contributed by atoms with van der Waals surface area (Å²) in [4.78, 5) is 25.6. The first-order valence-corrected chi connectivity index (χ1v) is 2.19. The minimum atomic E-state index is -5.39. The predicted octanol–water partition coefficient (Wildman–Crippen LogP) is -24.7. The van der Waals surface area contributed by atoms with Crippen LogP contribution >= 0.6 is 7.82 Å². The van der Waals surface area contributed by atoms with Crippen molar-refractivity contribution in [3.8, 4) is 0 Å². The zero-order chi connectivity index (χ0) is 4.50. The van der Waals surface area contributed by atoms with E-state index in [4.69, 9.17) is 19.2 Å². The van der Waals surface area contributed by atoms with Crippen LogP contribution < -0.4 is 133 Å². The Labute approximate surface area is 208 Å². The largest absolute Gasteiger partial charge is 1.00 e. The van der Waals surface area contributed by atoms with Crippen molar-refractivity contribution in [3.63, 3.8) is 0 Å². The van der Waals surface area contributed by atoms with E-state index in [1.54, 1.807) is 0 Å². The van der Waals surface area contributed by atoms with E-state index in [1.165, 1.54) is 0 Å². The molecule has 0 amide bonds. The number of hydrogen-bond acceptors (Lipinski definition) is 4. The Morgan fingerprint density at radius 3 is 0.381 bits per heavy atom. The van der Waals surface area contributed by atoms with Crippen LogP contribution in [0, 0.1) is 0 Å². The van der Waals surface area contributed by atoms with E-state index >= 15 is 0 Å². The van der Waals surface area contributed by atoms with Gasteiger partial charge in [-0.25, -0.2) is 0 Å². The molecule has 16 nitrogen and oxygen atoms in total. The van der Waals surface area contributed by atoms with Crippen LogP contribution in [0.4, 0.5) is 0 Å². The standard InChI is InChI=1S/4Na.H3O4P.12H2O/c;;;;1-5(2,3)4;;;;;;;;;;;;/h;;;;(H3,1,2,3,4);12*1H2/q4*+1;;;;;;;;;;;;;/p-3. The van der Waals surface area contributed by atoms with Crippen LogP contribution in [0.3, 0.4) is 0 Å². The van der Waals surface area contributed by atoms with Crippen molar-refractivity contribution in [2.45, 2.75) is 0 Å². The first-order valence-electron chi connectivity index (χ1n) is 0.730. The van der Waals surface area contributed by atoms with Crippen LogP contribution in [0.1, 0.15) is 0 Å². The van der Waals surface area contributed by atoms with Crippen LogP contribution in [0.5, 0.6) is 0 Å². The van der Waals surface area contributed by atoms with Gasteiger partial charge in [-0.05, 0) is 0 Å². The number of hydrogen-bond donors (Lipinski definition) is 0. The molecule has 24 N–H and O–H groups in total. The van der Waals surface area contributed by atoms with Gasteiger partial charge in [0, 0.05) is 0 Å². The molecule has 0 fully saturated rings. The molecule has 0 atom stereocenters. The second-order valence-corrected chi connectivity index (χ2v) is 1.34. The van der Waals surface area contributed by atoms with Crippen molar-refractivity contribution in [2.24, 2.45) is 0 Å². The summed E-state index contributed by atoms with van der Waals surface area (Å²) in [6.45, 7) is 0. The minimum Gasteiger partial charge on any atom is -0.822 e. The van der Waals surface area contributed by atoms with Gasteiger partial charge in [-0.3, -0.25) is 0 Å². The zero-order valence-corrected chi connectivity index (χ0v) is 21.0. The van der Waals surface area contributed by atoms with Gasteiger partial charge in [-0.15, -0.1) is 0 Å². The molecule has 0 saturated carbocycles. The van der Waals surface area contributed by atoms with Crippen molar-refractivity contribution in [1.82, 2.24) is 0 Å². The van der Waals surface area contributed by atoms with Gasteiger partial charge in [0.2, 0.25) is 0 Å². The van der Waals surface area contributed by atoms with Gasteiger partial charge in [-0.1, -0.05) is 0 Å². The Balaban J connectivity index is -0.000000000667. The first-order chi connectivity index (χ1) is 2.00. The third kappa shape index (κ3) is 839. The van der Waals surface area contributed by atoms with Crippen molar-refractivity contribution in [1.29, 1.82) is 0 Å². The smallest absolute Gasteiger partial charge is 0.822 e. The Kier molecular flexibility index (Phi) is 1470. The van der Waals surface area contributed by atoms with Crippen molar-refractivity contribution in [3.05, 3.63) is 0 Å². The van der Waals surface area contributed by atoms with Crippen LogP contribution in [0.25, 0.3) is 0 Å². The maximum absolute atomic E-state index is 8.55. The van der Waals surface area contributed by atoms with E-state index in [0.717, 1.165) is 0 Å². The fraction of sp³-hybridized carbons (Fsp3) is 0. The molecule has 0 rings (SSSR count). The molecule has 0 spiro atoms. The summed E-state index contributed by atoms with van der Waals surface area (Å²) < 4.78 is 8.55. The second kappa shape index (κ2) is 130. The van der Waals surface area contributed by atoms with Gasteiger partial charge in [-0.2, -0.15) is 7.82 Å². The van der Waals surface area contributed by atoms with Crippen molar-refractivity contribution in [2.75, 3.05) is 0 Å². The number of phosphoric acid groups is 1. The molecule has 0 aliphatic carbocycles. The van der Waals surface area contributed by atoms with Gasteiger partial charge < -0.3 is 85.0 Å². The summed E-state index contributed by atoms with van der Waals surface area (Å²) in [7, 11) is -5.39. The fourth-order valence-corrected chi connectivity index (χ4v) is 0. The average Bonchev–Trinajstić information content (AvgIpc) is 0.722. The van der Waals surface area contributed by atoms with Crippen LogP contribution in [0.2, 0.25) is 0 Å². The summed E-state index contributed by atoms with van der Waals surface area (Å²) in [5, 5.41) is 0. The van der Waals surface area contributed by atoms with Gasteiger partial charge in [0.15, 0.2) is 0 Å². The Bertz CT molecular complexity index is 66.4. The van der Waals surface area contributed by atoms with Gasteiger partial charge in [0.1, 0.15) is 0 Å². The SMILES string of the molecule is O.O.O.O.O.O.O.O.O.O.O.O.O=P([O-])([O-])[O-].[Na+].[Na+].[Na+].[Na+]. The molecule has 0 heterocycles. The minimum absolute atomic E-state index is 0. The molecule has 21 heteroatoms. The molecular weight excluding hydrogens is 379 g/mol. The average molecular weight is 403 g/mol. The second-order valence-electron chi connectivity index (χ2n) is 0.447. The molecule has 0 aliphatic rings. The molecule has 0 aromatic carbocycles. The molecule has 128 valence electrons. The van der Waals surface area contributed by atoms with Gasteiger partial charge in [0.05, 0.1) is 0 Å². The molecule has 0 aromatic rings. The molecule has 0 bridgehead atoms. The van der Waals surface area contributed by atoms with E-state index in [2.05, 4.69) is 0 Å². The maximum Gasteiger partial charge on any atom is 1.00 e. The predicted molar refractivity (Wildman–Crippen MR) is 51.0 cm³/mol. The van der Waals surface area contributed by atoms with Crippen LogP contribution in [0.15, 0.2) is 0 Å². The van der Waals surface area contributed by atoms with Gasteiger partial charge in [0.25, 0.3) is 0 Å². The Morgan fingerprint density at radius 2 is 0.381 bits per heavy atom. The molecule has 0 unspecified atom stereocenters. The zero-order valence-electron chi connectivity index (χ0n) is 12.1. The third-order valence-corrected chi connectivity index (χ3v) is 0. The summed E-state index contributed by atoms with van der Waals surface area (Å²) >= 11 is 0. The van der Waals surface area contributed by atoms with Gasteiger partial charge >= 0.3 is 118 Å². The van der Waals surface area contributed by atoms with E-state index in [0.29, 0.717) is 0 Å². The quantitative estimate of drug-likeness (QED) is 0.280. The monoisotopic (exact) mass is 403 g/mol. The molecular formula is H24Na4O16P+. The normalized spacial score (nSPS) is 2.81. The van der Waals surface area contributed by atoms with E-state index in [-0.39, 0.29) is 184 Å². The fourth-order valence-electron chi connectivity index (χ4n) is 0. The Hall–Kier alpha value is 3.63. The summed E-state index contributed by atoms with van der Waals surface area (Å²) in [6, 6.07) is 0. The first kappa shape index (κ1) is 236.